The Morgan fingerprint density at radius 3 is 2.62 bits per heavy atom. The van der Waals surface area contributed by atoms with E-state index in [0.29, 0.717) is 19.1 Å². The number of rotatable bonds is 3. The van der Waals surface area contributed by atoms with Gasteiger partial charge in [0.25, 0.3) is 0 Å². The van der Waals surface area contributed by atoms with Crippen molar-refractivity contribution in [1.82, 2.24) is 4.90 Å². The molecule has 116 valence electrons. The second-order valence-corrected chi connectivity index (χ2v) is 7.26. The molecule has 1 atom stereocenters. The molecule has 0 aromatic heterocycles. The highest BCUT2D eigenvalue weighted by atomic mass is 79.9. The first kappa shape index (κ1) is 16.1. The van der Waals surface area contributed by atoms with Crippen LogP contribution in [0.5, 0.6) is 5.75 Å². The first-order valence-corrected chi connectivity index (χ1v) is 7.99. The lowest BCUT2D eigenvalue weighted by molar-refractivity contribution is 0.0285. The molecule has 1 aromatic rings. The third-order valence-corrected chi connectivity index (χ3v) is 3.77. The summed E-state index contributed by atoms with van der Waals surface area (Å²) in [5.74, 6) is 1.22. The van der Waals surface area contributed by atoms with Gasteiger partial charge in [-0.1, -0.05) is 15.9 Å². The average molecular weight is 356 g/mol. The summed E-state index contributed by atoms with van der Waals surface area (Å²) < 4.78 is 12.2. The third-order valence-electron chi connectivity index (χ3n) is 3.24. The molecular formula is C16H22BrNO3. The second-order valence-electron chi connectivity index (χ2n) is 6.35. The second kappa shape index (κ2) is 6.69. The maximum atomic E-state index is 12.0. The SMILES string of the molecule is CC(C)(C)OC(=O)N1CCC(COc2ccc(Br)cc2)C1. The summed E-state index contributed by atoms with van der Waals surface area (Å²) in [7, 11) is 0. The summed E-state index contributed by atoms with van der Waals surface area (Å²) in [4.78, 5) is 13.7. The maximum Gasteiger partial charge on any atom is 0.410 e. The van der Waals surface area contributed by atoms with Crippen LogP contribution in [0.3, 0.4) is 0 Å². The molecule has 21 heavy (non-hydrogen) atoms. The van der Waals surface area contributed by atoms with Crippen LogP contribution in [-0.2, 0) is 4.74 Å². The number of ether oxygens (including phenoxy) is 2. The number of carbonyl (C=O) groups excluding carboxylic acids is 1. The molecule has 4 nitrogen and oxygen atoms in total. The van der Waals surface area contributed by atoms with Crippen molar-refractivity contribution in [3.05, 3.63) is 28.7 Å². The van der Waals surface area contributed by atoms with Crippen molar-refractivity contribution >= 4 is 22.0 Å². The van der Waals surface area contributed by atoms with Crippen LogP contribution >= 0.6 is 15.9 Å². The molecule has 1 aliphatic heterocycles. The van der Waals surface area contributed by atoms with E-state index in [1.54, 1.807) is 4.90 Å². The summed E-state index contributed by atoms with van der Waals surface area (Å²) in [6.07, 6.45) is 0.726. The van der Waals surface area contributed by atoms with Gasteiger partial charge < -0.3 is 14.4 Å². The number of amides is 1. The van der Waals surface area contributed by atoms with Crippen molar-refractivity contribution in [1.29, 1.82) is 0 Å². The Morgan fingerprint density at radius 1 is 1.33 bits per heavy atom. The fourth-order valence-corrected chi connectivity index (χ4v) is 2.47. The Bertz CT molecular complexity index is 481. The quantitative estimate of drug-likeness (QED) is 0.819. The average Bonchev–Trinajstić information content (AvgIpc) is 2.85. The van der Waals surface area contributed by atoms with E-state index in [9.17, 15) is 4.79 Å². The van der Waals surface area contributed by atoms with Gasteiger partial charge >= 0.3 is 6.09 Å². The number of nitrogens with zero attached hydrogens (tertiary/aromatic N) is 1. The molecule has 0 bridgehead atoms. The van der Waals surface area contributed by atoms with Crippen LogP contribution in [-0.4, -0.2) is 36.3 Å². The van der Waals surface area contributed by atoms with Gasteiger partial charge in [0.1, 0.15) is 11.4 Å². The van der Waals surface area contributed by atoms with Crippen LogP contribution in [0.2, 0.25) is 0 Å². The zero-order valence-corrected chi connectivity index (χ0v) is 14.4. The van der Waals surface area contributed by atoms with Gasteiger partial charge in [0.2, 0.25) is 0 Å². The van der Waals surface area contributed by atoms with Crippen molar-refractivity contribution < 1.29 is 14.3 Å². The molecule has 1 unspecified atom stereocenters. The molecule has 0 aliphatic carbocycles. The molecule has 0 radical (unpaired) electrons. The zero-order chi connectivity index (χ0) is 15.5. The Labute approximate surface area is 134 Å². The summed E-state index contributed by atoms with van der Waals surface area (Å²) in [5.41, 5.74) is -0.441. The van der Waals surface area contributed by atoms with Crippen LogP contribution in [0.15, 0.2) is 28.7 Å². The van der Waals surface area contributed by atoms with Crippen LogP contribution < -0.4 is 4.74 Å². The van der Waals surface area contributed by atoms with Crippen molar-refractivity contribution in [2.24, 2.45) is 5.92 Å². The predicted octanol–water partition coefficient (Wildman–Crippen LogP) is 4.08. The van der Waals surface area contributed by atoms with Gasteiger partial charge in [-0.15, -0.1) is 0 Å². The van der Waals surface area contributed by atoms with E-state index < -0.39 is 5.60 Å². The number of hydrogen-bond donors (Lipinski definition) is 0. The number of carbonyl (C=O) groups is 1. The van der Waals surface area contributed by atoms with Gasteiger partial charge in [0.15, 0.2) is 0 Å². The highest BCUT2D eigenvalue weighted by Gasteiger charge is 2.30. The minimum absolute atomic E-state index is 0.228. The first-order chi connectivity index (χ1) is 9.83. The first-order valence-electron chi connectivity index (χ1n) is 7.20. The van der Waals surface area contributed by atoms with E-state index in [1.807, 2.05) is 45.0 Å². The predicted molar refractivity (Wildman–Crippen MR) is 85.6 cm³/mol. The molecule has 1 saturated heterocycles. The Morgan fingerprint density at radius 2 is 2.00 bits per heavy atom. The number of halogens is 1. The van der Waals surface area contributed by atoms with Gasteiger partial charge in [-0.3, -0.25) is 0 Å². The Balaban J connectivity index is 1.77. The fraction of sp³-hybridized carbons (Fsp3) is 0.562. The van der Waals surface area contributed by atoms with Gasteiger partial charge in [0.05, 0.1) is 6.61 Å². The Hall–Kier alpha value is -1.23. The number of benzene rings is 1. The van der Waals surface area contributed by atoms with E-state index in [1.165, 1.54) is 0 Å². The maximum absolute atomic E-state index is 12.0. The monoisotopic (exact) mass is 355 g/mol. The molecule has 1 amide bonds. The molecule has 0 saturated carbocycles. The van der Waals surface area contributed by atoms with Crippen LogP contribution in [0, 0.1) is 5.92 Å². The minimum atomic E-state index is -0.441. The smallest absolute Gasteiger partial charge is 0.410 e. The lowest BCUT2D eigenvalue weighted by Gasteiger charge is -2.24. The number of likely N-dealkylation sites (tertiary alicyclic amines) is 1. The molecule has 1 aromatic carbocycles. The highest BCUT2D eigenvalue weighted by molar-refractivity contribution is 9.10. The molecular weight excluding hydrogens is 334 g/mol. The van der Waals surface area contributed by atoms with Crippen molar-refractivity contribution in [2.45, 2.75) is 32.8 Å². The molecule has 2 rings (SSSR count). The minimum Gasteiger partial charge on any atom is -0.493 e. The largest absolute Gasteiger partial charge is 0.493 e. The van der Waals surface area contributed by atoms with Crippen LogP contribution in [0.25, 0.3) is 0 Å². The standard InChI is InChI=1S/C16H22BrNO3/c1-16(2,3)21-15(19)18-9-8-12(10-18)11-20-14-6-4-13(17)5-7-14/h4-7,12H,8-11H2,1-3H3. The molecule has 0 N–H and O–H groups in total. The normalized spacial score (nSPS) is 18.7. The van der Waals surface area contributed by atoms with Crippen molar-refractivity contribution in [3.63, 3.8) is 0 Å². The molecule has 0 spiro atoms. The van der Waals surface area contributed by atoms with E-state index in [0.717, 1.165) is 23.2 Å². The van der Waals surface area contributed by atoms with E-state index in [-0.39, 0.29) is 6.09 Å². The van der Waals surface area contributed by atoms with Crippen LogP contribution in [0.1, 0.15) is 27.2 Å². The lowest BCUT2D eigenvalue weighted by Crippen LogP contribution is -2.35. The third kappa shape index (κ3) is 5.23. The van der Waals surface area contributed by atoms with Gasteiger partial charge in [-0.05, 0) is 51.5 Å². The summed E-state index contributed by atoms with van der Waals surface area (Å²) >= 11 is 3.40. The van der Waals surface area contributed by atoms with E-state index in [2.05, 4.69) is 15.9 Å². The molecule has 1 fully saturated rings. The van der Waals surface area contributed by atoms with Gasteiger partial charge in [-0.25, -0.2) is 4.79 Å². The van der Waals surface area contributed by atoms with Gasteiger partial charge in [0, 0.05) is 23.5 Å². The topological polar surface area (TPSA) is 38.8 Å². The number of hydrogen-bond acceptors (Lipinski definition) is 3. The summed E-state index contributed by atoms with van der Waals surface area (Å²) in [6, 6.07) is 7.78. The molecule has 1 aliphatic rings. The highest BCUT2D eigenvalue weighted by Crippen LogP contribution is 2.22. The van der Waals surface area contributed by atoms with Crippen LogP contribution in [0.4, 0.5) is 4.79 Å². The fourth-order valence-electron chi connectivity index (χ4n) is 2.21. The lowest BCUT2D eigenvalue weighted by atomic mass is 10.1. The summed E-state index contributed by atoms with van der Waals surface area (Å²) in [5, 5.41) is 0. The zero-order valence-electron chi connectivity index (χ0n) is 12.8. The van der Waals surface area contributed by atoms with E-state index >= 15 is 0 Å². The molecule has 1 heterocycles. The molecule has 5 heteroatoms. The Kier molecular flexibility index (Phi) is 5.14. The van der Waals surface area contributed by atoms with Crippen molar-refractivity contribution in [2.75, 3.05) is 19.7 Å². The van der Waals surface area contributed by atoms with Gasteiger partial charge in [-0.2, -0.15) is 0 Å². The van der Waals surface area contributed by atoms with Crippen molar-refractivity contribution in [3.8, 4) is 5.75 Å². The summed E-state index contributed by atoms with van der Waals surface area (Å²) in [6.45, 7) is 7.72. The van der Waals surface area contributed by atoms with E-state index in [4.69, 9.17) is 9.47 Å².